The molecular formula is C21H7B9F3N3O3. The van der Waals surface area contributed by atoms with Crippen LogP contribution in [0.15, 0.2) is 18.5 Å². The molecule has 0 unspecified atom stereocenters. The molecule has 0 fully saturated rings. The van der Waals surface area contributed by atoms with Crippen LogP contribution in [0.5, 0.6) is 11.5 Å². The largest absolute Gasteiger partial charge is 0.573 e. The predicted octanol–water partition coefficient (Wildman–Crippen LogP) is -5.38. The fourth-order valence-electron chi connectivity index (χ4n) is 4.13. The normalized spacial score (nSPS) is 14.8. The third-order valence-corrected chi connectivity index (χ3v) is 5.83. The van der Waals surface area contributed by atoms with Crippen molar-refractivity contribution in [2.75, 3.05) is 6.54 Å². The molecule has 4 rings (SSSR count). The summed E-state index contributed by atoms with van der Waals surface area (Å²) in [4.78, 5) is 23.1. The highest BCUT2D eigenvalue weighted by Gasteiger charge is 2.37. The lowest BCUT2D eigenvalue weighted by Crippen LogP contribution is -2.49. The molecule has 18 radical (unpaired) electrons. The molecule has 18 heteroatoms. The van der Waals surface area contributed by atoms with E-state index < -0.39 is 45.3 Å². The number of hydrogen-bond donors (Lipinski definition) is 0. The highest BCUT2D eigenvalue weighted by molar-refractivity contribution is 6.64. The van der Waals surface area contributed by atoms with Crippen molar-refractivity contribution in [1.29, 1.82) is 0 Å². The van der Waals surface area contributed by atoms with E-state index in [-0.39, 0.29) is 57.7 Å². The number of alkyl halides is 3. The number of ether oxygens (including phenoxy) is 2. The van der Waals surface area contributed by atoms with Gasteiger partial charge in [-0.05, 0) is 17.2 Å². The zero-order chi connectivity index (χ0) is 29.0. The fourth-order valence-corrected chi connectivity index (χ4v) is 4.13. The molecule has 172 valence electrons. The summed E-state index contributed by atoms with van der Waals surface area (Å²) in [5.41, 5.74) is -4.38. The number of rotatable bonds is 4. The zero-order valence-electron chi connectivity index (χ0n) is 20.0. The van der Waals surface area contributed by atoms with Gasteiger partial charge in [0.1, 0.15) is 87.9 Å². The molecule has 39 heavy (non-hydrogen) atoms. The van der Waals surface area contributed by atoms with E-state index in [1.807, 2.05) is 0 Å². The number of fused-ring (bicyclic) bond motifs is 1. The molecule has 1 aliphatic heterocycles. The van der Waals surface area contributed by atoms with Crippen LogP contribution < -0.4 is 47.7 Å². The summed E-state index contributed by atoms with van der Waals surface area (Å²) in [5.74, 6) is -1.89. The highest BCUT2D eigenvalue weighted by Crippen LogP contribution is 2.27. The number of nitrogens with zero attached hydrogens (tertiary/aromatic N) is 3. The van der Waals surface area contributed by atoms with Gasteiger partial charge in [0.25, 0.3) is 5.91 Å². The van der Waals surface area contributed by atoms with Gasteiger partial charge in [0.2, 0.25) is 0 Å². The van der Waals surface area contributed by atoms with Crippen molar-refractivity contribution in [1.82, 2.24) is 14.9 Å². The topological polar surface area (TPSA) is 64.6 Å². The molecule has 2 heterocycles. The van der Waals surface area contributed by atoms with Crippen molar-refractivity contribution in [3.8, 4) is 22.6 Å². The van der Waals surface area contributed by atoms with Gasteiger partial charge in [-0.3, -0.25) is 4.79 Å². The third-order valence-electron chi connectivity index (χ3n) is 5.83. The highest BCUT2D eigenvalue weighted by atomic mass is 19.4. The molecule has 0 saturated heterocycles. The van der Waals surface area contributed by atoms with E-state index in [0.29, 0.717) is 0 Å². The van der Waals surface area contributed by atoms with Gasteiger partial charge in [-0.1, -0.05) is 38.2 Å². The van der Waals surface area contributed by atoms with E-state index in [2.05, 4.69) is 14.7 Å². The van der Waals surface area contributed by atoms with Crippen LogP contribution in [-0.2, 0) is 6.54 Å². The van der Waals surface area contributed by atoms with Crippen molar-refractivity contribution >= 4 is 115 Å². The van der Waals surface area contributed by atoms with Gasteiger partial charge < -0.3 is 14.4 Å². The predicted molar refractivity (Wildman–Crippen MR) is 148 cm³/mol. The van der Waals surface area contributed by atoms with Crippen molar-refractivity contribution in [3.05, 3.63) is 29.8 Å². The Morgan fingerprint density at radius 2 is 1.36 bits per heavy atom. The first-order chi connectivity index (χ1) is 18.0. The first-order valence-corrected chi connectivity index (χ1v) is 10.9. The maximum absolute atomic E-state index is 13.8. The van der Waals surface area contributed by atoms with Crippen molar-refractivity contribution < 1.29 is 27.4 Å². The number of carbonyl (C=O) groups is 1. The number of hydrogen-bond acceptors (Lipinski definition) is 5. The van der Waals surface area contributed by atoms with Gasteiger partial charge in [-0.15, -0.1) is 13.2 Å². The molecule has 2 aromatic carbocycles. The van der Waals surface area contributed by atoms with Crippen LogP contribution in [0.25, 0.3) is 11.1 Å². The molecule has 3 aromatic rings. The van der Waals surface area contributed by atoms with Gasteiger partial charge in [0, 0.05) is 24.3 Å². The van der Waals surface area contributed by atoms with Crippen LogP contribution in [0, 0.1) is 0 Å². The Morgan fingerprint density at radius 3 is 1.90 bits per heavy atom. The van der Waals surface area contributed by atoms with Gasteiger partial charge in [0.15, 0.2) is 0 Å². The average Bonchev–Trinajstić information content (AvgIpc) is 2.94. The molecule has 0 aliphatic carbocycles. The number of halogens is 3. The molecular weight excluding hydrogens is 497 g/mol. The summed E-state index contributed by atoms with van der Waals surface area (Å²) >= 11 is 0. The van der Waals surface area contributed by atoms with Crippen LogP contribution in [0.4, 0.5) is 13.2 Å². The van der Waals surface area contributed by atoms with E-state index >= 15 is 0 Å². The van der Waals surface area contributed by atoms with Crippen molar-refractivity contribution in [2.24, 2.45) is 0 Å². The van der Waals surface area contributed by atoms with Crippen LogP contribution in [-0.4, -0.2) is 110 Å². The lowest BCUT2D eigenvalue weighted by molar-refractivity contribution is -0.273. The third kappa shape index (κ3) is 5.39. The maximum atomic E-state index is 13.8. The van der Waals surface area contributed by atoms with Gasteiger partial charge in [-0.2, -0.15) is 0 Å². The van der Waals surface area contributed by atoms with Gasteiger partial charge >= 0.3 is 6.36 Å². The quantitative estimate of drug-likeness (QED) is 0.333. The summed E-state index contributed by atoms with van der Waals surface area (Å²) < 4.78 is 48.4. The number of aromatic nitrogens is 2. The zero-order valence-corrected chi connectivity index (χ0v) is 20.0. The smallest absolute Gasteiger partial charge is 0.505 e. The minimum absolute atomic E-state index is 0.161. The van der Waals surface area contributed by atoms with E-state index in [1.54, 1.807) is 6.07 Å². The molecule has 0 saturated carbocycles. The van der Waals surface area contributed by atoms with Crippen LogP contribution in [0.3, 0.4) is 0 Å². The number of benzene rings is 2. The minimum atomic E-state index is -5.16. The van der Waals surface area contributed by atoms with E-state index in [9.17, 15) is 18.0 Å². The lowest BCUT2D eigenvalue weighted by Gasteiger charge is -2.31. The summed E-state index contributed by atoms with van der Waals surface area (Å²) in [7, 11) is 54.8. The SMILES string of the molecule is [B]c1c([B])c(-c2c([B])c([B])c3c(c2[B])C(=O)N(Cc2ncccn2)CC([B])([B])O3)c([B])c([B])c1OC(F)(F)F. The average molecular weight is 504 g/mol. The second kappa shape index (κ2) is 10.2. The Hall–Kier alpha value is -3.04. The second-order valence-corrected chi connectivity index (χ2v) is 8.61. The second-order valence-electron chi connectivity index (χ2n) is 8.61. The summed E-state index contributed by atoms with van der Waals surface area (Å²) in [5, 5.41) is -1.96. The summed E-state index contributed by atoms with van der Waals surface area (Å²) in [6.45, 7) is -0.522. The van der Waals surface area contributed by atoms with E-state index in [1.165, 1.54) is 12.4 Å². The van der Waals surface area contributed by atoms with Crippen LogP contribution >= 0.6 is 0 Å². The van der Waals surface area contributed by atoms with Crippen LogP contribution in [0.1, 0.15) is 16.2 Å². The lowest BCUT2D eigenvalue weighted by atomic mass is 9.60. The Balaban J connectivity index is 1.97. The first-order valence-electron chi connectivity index (χ1n) is 10.9. The minimum Gasteiger partial charge on any atom is -0.505 e. The van der Waals surface area contributed by atoms with E-state index in [0.717, 1.165) is 4.90 Å². The monoisotopic (exact) mass is 505 g/mol. The first kappa shape index (κ1) is 29.0. The number of carbonyl (C=O) groups excluding carboxylic acids is 1. The Bertz CT molecular complexity index is 1460. The molecule has 0 spiro atoms. The summed E-state index contributed by atoms with van der Waals surface area (Å²) in [6, 6.07) is 1.58. The fraction of sp³-hybridized carbons (Fsp3) is 0.190. The standard InChI is InChI=1S/C21H7B9F3N3O3/c22-10-7(8-12(24)15(27)18(16(28)13(8)25)39-21(31,32)33)11(23)14(26)17-9(10)19(37)36(5-20(29,30)38-17)4-6-34-2-1-3-35-6/h1-3H,4-5H2. The van der Waals surface area contributed by atoms with Gasteiger partial charge in [-0.25, -0.2) is 9.97 Å². The maximum Gasteiger partial charge on any atom is 0.573 e. The Labute approximate surface area is 234 Å². The van der Waals surface area contributed by atoms with Crippen molar-refractivity contribution in [2.45, 2.75) is 18.3 Å². The Morgan fingerprint density at radius 1 is 0.846 bits per heavy atom. The van der Waals surface area contributed by atoms with Gasteiger partial charge in [0.05, 0.1) is 12.1 Å². The molecule has 6 nitrogen and oxygen atoms in total. The molecule has 0 N–H and O–H groups in total. The van der Waals surface area contributed by atoms with Crippen molar-refractivity contribution in [3.63, 3.8) is 0 Å². The molecule has 1 aliphatic rings. The molecule has 0 bridgehead atoms. The molecule has 1 amide bonds. The Kier molecular flexibility index (Phi) is 7.55. The molecule has 1 aromatic heterocycles. The van der Waals surface area contributed by atoms with E-state index in [4.69, 9.17) is 75.4 Å². The number of amides is 1. The summed E-state index contributed by atoms with van der Waals surface area (Å²) in [6.07, 6.45) is -2.24. The van der Waals surface area contributed by atoms with Crippen LogP contribution in [0.2, 0.25) is 0 Å². The molecule has 0 atom stereocenters.